The van der Waals surface area contributed by atoms with Gasteiger partial charge >= 0.3 is 0 Å². The Labute approximate surface area is 168 Å². The Hall–Kier alpha value is -3.44. The van der Waals surface area contributed by atoms with Crippen molar-refractivity contribution in [3.05, 3.63) is 102 Å². The Kier molecular flexibility index (Phi) is 5.45. The zero-order chi connectivity index (χ0) is 19.2. The summed E-state index contributed by atoms with van der Waals surface area (Å²) in [4.78, 5) is 6.69. The van der Waals surface area contributed by atoms with Crippen molar-refractivity contribution in [3.8, 4) is 0 Å². The summed E-state index contributed by atoms with van der Waals surface area (Å²) in [6, 6.07) is 27.7. The van der Waals surface area contributed by atoms with Crippen LogP contribution in [0.3, 0.4) is 0 Å². The Morgan fingerprint density at radius 2 is 1.50 bits per heavy atom. The standard InChI is InChI=1S/C22H18ClN5/c23-19-13-7-8-14-20(19)25-21-15-24-27-22(26-21)28(18-11-5-2-6-12-18)16-17-9-3-1-4-10-17/h1-15H,16H2,(H,25,26,27). The minimum Gasteiger partial charge on any atom is -0.338 e. The van der Waals surface area contributed by atoms with Crippen LogP contribution in [0.15, 0.2) is 91.1 Å². The maximum absolute atomic E-state index is 6.24. The normalized spacial score (nSPS) is 10.5. The highest BCUT2D eigenvalue weighted by Crippen LogP contribution is 2.27. The van der Waals surface area contributed by atoms with Crippen LogP contribution < -0.4 is 10.2 Å². The Bertz CT molecular complexity index is 1040. The molecule has 1 N–H and O–H groups in total. The van der Waals surface area contributed by atoms with Crippen molar-refractivity contribution in [2.75, 3.05) is 10.2 Å². The number of nitrogens with zero attached hydrogens (tertiary/aromatic N) is 4. The topological polar surface area (TPSA) is 53.9 Å². The predicted octanol–water partition coefficient (Wildman–Crippen LogP) is 5.61. The Morgan fingerprint density at radius 1 is 0.821 bits per heavy atom. The molecule has 6 heteroatoms. The van der Waals surface area contributed by atoms with Crippen molar-refractivity contribution < 1.29 is 0 Å². The van der Waals surface area contributed by atoms with Gasteiger partial charge in [-0.25, -0.2) is 0 Å². The molecule has 0 fully saturated rings. The third-order valence-corrected chi connectivity index (χ3v) is 4.51. The molecule has 1 aromatic heterocycles. The van der Waals surface area contributed by atoms with Gasteiger partial charge in [-0.15, -0.1) is 5.10 Å². The van der Waals surface area contributed by atoms with Crippen LogP contribution >= 0.6 is 11.6 Å². The SMILES string of the molecule is Clc1ccccc1Nc1cnnc(N(Cc2ccccc2)c2ccccc2)n1. The third kappa shape index (κ3) is 4.27. The first-order valence-electron chi connectivity index (χ1n) is 8.87. The van der Waals surface area contributed by atoms with E-state index in [4.69, 9.17) is 11.6 Å². The molecular weight excluding hydrogens is 370 g/mol. The van der Waals surface area contributed by atoms with Crippen LogP contribution in [0.4, 0.5) is 23.1 Å². The van der Waals surface area contributed by atoms with Gasteiger partial charge in [-0.1, -0.05) is 72.3 Å². The summed E-state index contributed by atoms with van der Waals surface area (Å²) in [6.07, 6.45) is 1.58. The van der Waals surface area contributed by atoms with Gasteiger partial charge in [0.2, 0.25) is 0 Å². The van der Waals surface area contributed by atoms with E-state index < -0.39 is 0 Å². The van der Waals surface area contributed by atoms with Crippen molar-refractivity contribution in [3.63, 3.8) is 0 Å². The van der Waals surface area contributed by atoms with E-state index in [1.165, 1.54) is 0 Å². The number of aromatic nitrogens is 3. The summed E-state index contributed by atoms with van der Waals surface area (Å²) in [7, 11) is 0. The molecule has 0 aliphatic rings. The average molecular weight is 388 g/mol. The highest BCUT2D eigenvalue weighted by atomic mass is 35.5. The molecule has 3 aromatic carbocycles. The van der Waals surface area contributed by atoms with Crippen LogP contribution in [0.2, 0.25) is 5.02 Å². The van der Waals surface area contributed by atoms with Crippen molar-refractivity contribution in [2.24, 2.45) is 0 Å². The van der Waals surface area contributed by atoms with E-state index in [2.05, 4.69) is 32.6 Å². The van der Waals surface area contributed by atoms with Crippen molar-refractivity contribution >= 4 is 34.7 Å². The highest BCUT2D eigenvalue weighted by molar-refractivity contribution is 6.33. The van der Waals surface area contributed by atoms with Crippen LogP contribution in [0.5, 0.6) is 0 Å². The fourth-order valence-electron chi connectivity index (χ4n) is 2.82. The van der Waals surface area contributed by atoms with Crippen LogP contribution in [0.1, 0.15) is 5.56 Å². The number of halogens is 1. The number of hydrogen-bond donors (Lipinski definition) is 1. The second-order valence-corrected chi connectivity index (χ2v) is 6.56. The lowest BCUT2D eigenvalue weighted by molar-refractivity contribution is 0.865. The van der Waals surface area contributed by atoms with E-state index in [0.29, 0.717) is 23.3 Å². The summed E-state index contributed by atoms with van der Waals surface area (Å²) < 4.78 is 0. The molecule has 0 aliphatic carbocycles. The van der Waals surface area contributed by atoms with Gasteiger partial charge in [0, 0.05) is 5.69 Å². The van der Waals surface area contributed by atoms with E-state index in [9.17, 15) is 0 Å². The summed E-state index contributed by atoms with van der Waals surface area (Å²) in [5.74, 6) is 1.08. The van der Waals surface area contributed by atoms with E-state index in [1.807, 2.05) is 77.7 Å². The van der Waals surface area contributed by atoms with Gasteiger partial charge in [-0.2, -0.15) is 10.1 Å². The molecule has 0 amide bonds. The lowest BCUT2D eigenvalue weighted by Gasteiger charge is -2.23. The first-order valence-corrected chi connectivity index (χ1v) is 9.25. The van der Waals surface area contributed by atoms with Gasteiger partial charge in [-0.05, 0) is 29.8 Å². The molecule has 0 aliphatic heterocycles. The molecule has 0 saturated heterocycles. The van der Waals surface area contributed by atoms with Crippen LogP contribution in [-0.4, -0.2) is 15.2 Å². The van der Waals surface area contributed by atoms with E-state index in [1.54, 1.807) is 6.20 Å². The summed E-state index contributed by atoms with van der Waals surface area (Å²) in [6.45, 7) is 0.627. The number of benzene rings is 3. The molecule has 138 valence electrons. The molecule has 28 heavy (non-hydrogen) atoms. The molecule has 0 atom stereocenters. The van der Waals surface area contributed by atoms with Crippen LogP contribution in [0, 0.1) is 0 Å². The van der Waals surface area contributed by atoms with Gasteiger partial charge in [0.25, 0.3) is 5.95 Å². The number of anilines is 4. The molecule has 0 bridgehead atoms. The molecular formula is C22H18ClN5. The number of rotatable bonds is 6. The molecule has 0 saturated carbocycles. The third-order valence-electron chi connectivity index (χ3n) is 4.18. The molecule has 4 rings (SSSR count). The maximum atomic E-state index is 6.24. The van der Waals surface area contributed by atoms with Gasteiger partial charge in [0.15, 0.2) is 5.82 Å². The second-order valence-electron chi connectivity index (χ2n) is 6.15. The maximum Gasteiger partial charge on any atom is 0.252 e. The minimum atomic E-state index is 0.507. The van der Waals surface area contributed by atoms with Gasteiger partial charge < -0.3 is 10.2 Å². The fraction of sp³-hybridized carbons (Fsp3) is 0.0455. The zero-order valence-corrected chi connectivity index (χ0v) is 15.8. The first-order chi connectivity index (χ1) is 13.8. The summed E-state index contributed by atoms with van der Waals surface area (Å²) in [5.41, 5.74) is 2.91. The average Bonchev–Trinajstić information content (AvgIpc) is 2.75. The van der Waals surface area contributed by atoms with E-state index >= 15 is 0 Å². The number of para-hydroxylation sites is 2. The first kappa shape index (κ1) is 17.9. The van der Waals surface area contributed by atoms with Crippen molar-refractivity contribution in [1.29, 1.82) is 0 Å². The smallest absolute Gasteiger partial charge is 0.252 e. The molecule has 1 heterocycles. The van der Waals surface area contributed by atoms with Crippen molar-refractivity contribution in [2.45, 2.75) is 6.54 Å². The largest absolute Gasteiger partial charge is 0.338 e. The van der Waals surface area contributed by atoms with E-state index in [0.717, 1.165) is 16.9 Å². The van der Waals surface area contributed by atoms with E-state index in [-0.39, 0.29) is 0 Å². The number of nitrogens with one attached hydrogen (secondary N) is 1. The van der Waals surface area contributed by atoms with Crippen molar-refractivity contribution in [1.82, 2.24) is 15.2 Å². The van der Waals surface area contributed by atoms with Gasteiger partial charge in [0.1, 0.15) is 0 Å². The number of hydrogen-bond acceptors (Lipinski definition) is 5. The van der Waals surface area contributed by atoms with Crippen LogP contribution in [0.25, 0.3) is 0 Å². The molecule has 0 radical (unpaired) electrons. The Balaban J connectivity index is 1.67. The second kappa shape index (κ2) is 8.50. The quantitative estimate of drug-likeness (QED) is 0.466. The summed E-state index contributed by atoms with van der Waals surface area (Å²) in [5, 5.41) is 12.2. The molecule has 0 spiro atoms. The summed E-state index contributed by atoms with van der Waals surface area (Å²) >= 11 is 6.24. The van der Waals surface area contributed by atoms with Crippen LogP contribution in [-0.2, 0) is 6.54 Å². The van der Waals surface area contributed by atoms with Gasteiger partial charge in [0.05, 0.1) is 23.5 Å². The molecule has 5 nitrogen and oxygen atoms in total. The monoisotopic (exact) mass is 387 g/mol. The fourth-order valence-corrected chi connectivity index (χ4v) is 3.00. The lowest BCUT2D eigenvalue weighted by Crippen LogP contribution is -2.20. The highest BCUT2D eigenvalue weighted by Gasteiger charge is 2.14. The van der Waals surface area contributed by atoms with Gasteiger partial charge in [-0.3, -0.25) is 0 Å². The molecule has 4 aromatic rings. The lowest BCUT2D eigenvalue weighted by atomic mass is 10.2. The zero-order valence-electron chi connectivity index (χ0n) is 15.0. The molecule has 0 unspecified atom stereocenters. The Morgan fingerprint density at radius 3 is 2.25 bits per heavy atom. The predicted molar refractivity (Wildman–Crippen MR) is 113 cm³/mol. The minimum absolute atomic E-state index is 0.507.